The standard InChI is InChI=1S/C26H27BrFN5O3S/c1-31(2)19(34)7-6-15-11-17-24(33(15)23-14-10-18(23)32(12-14)26(35)36)16-9-13(5-4-8-29)20(27)21(28)22(16)30-25(17)37-3/h9,11,14,18,23H,4-7,10,12H2,1-3H3,(H,35,36)/t14-,18-,23+/m1/s1. The Labute approximate surface area is 226 Å². The van der Waals surface area contributed by atoms with Crippen molar-refractivity contribution < 1.29 is 19.1 Å². The van der Waals surface area contributed by atoms with Gasteiger partial charge in [0.1, 0.15) is 10.5 Å². The number of nitriles is 1. The van der Waals surface area contributed by atoms with Gasteiger partial charge in [-0.15, -0.1) is 11.8 Å². The maximum absolute atomic E-state index is 15.7. The number of carbonyl (C=O) groups is 2. The Bertz CT molecular complexity index is 1480. The van der Waals surface area contributed by atoms with Crippen LogP contribution in [0.1, 0.15) is 36.6 Å². The van der Waals surface area contributed by atoms with Gasteiger partial charge in [-0.3, -0.25) is 4.79 Å². The van der Waals surface area contributed by atoms with E-state index in [4.69, 9.17) is 5.26 Å². The lowest BCUT2D eigenvalue weighted by atomic mass is 9.79. The van der Waals surface area contributed by atoms with Gasteiger partial charge in [-0.25, -0.2) is 14.2 Å². The Kier molecular flexibility index (Phi) is 6.83. The van der Waals surface area contributed by atoms with Crippen molar-refractivity contribution in [2.24, 2.45) is 5.92 Å². The summed E-state index contributed by atoms with van der Waals surface area (Å²) >= 11 is 4.80. The molecule has 37 heavy (non-hydrogen) atoms. The minimum atomic E-state index is -0.930. The first kappa shape index (κ1) is 25.8. The Morgan fingerprint density at radius 3 is 2.70 bits per heavy atom. The lowest BCUT2D eigenvalue weighted by Crippen LogP contribution is -2.42. The summed E-state index contributed by atoms with van der Waals surface area (Å²) in [6.07, 6.45) is 3.18. The van der Waals surface area contributed by atoms with Gasteiger partial charge in [-0.05, 0) is 59.1 Å². The van der Waals surface area contributed by atoms with Crippen molar-refractivity contribution >= 4 is 61.5 Å². The second-order valence-corrected chi connectivity index (χ2v) is 11.5. The van der Waals surface area contributed by atoms with Gasteiger partial charge in [0.15, 0.2) is 5.82 Å². The minimum Gasteiger partial charge on any atom is -0.465 e. The summed E-state index contributed by atoms with van der Waals surface area (Å²) in [4.78, 5) is 32.1. The molecule has 3 fully saturated rings. The number of benzene rings is 1. The topological polar surface area (TPSA) is 102 Å². The van der Waals surface area contributed by atoms with Crippen LogP contribution in [0.3, 0.4) is 0 Å². The zero-order valence-electron chi connectivity index (χ0n) is 20.8. The zero-order valence-corrected chi connectivity index (χ0v) is 23.2. The van der Waals surface area contributed by atoms with Crippen molar-refractivity contribution in [1.82, 2.24) is 19.4 Å². The summed E-state index contributed by atoms with van der Waals surface area (Å²) in [5.41, 5.74) is 2.66. The number of pyridine rings is 1. The van der Waals surface area contributed by atoms with E-state index in [0.717, 1.165) is 23.0 Å². The van der Waals surface area contributed by atoms with E-state index in [0.29, 0.717) is 46.3 Å². The van der Waals surface area contributed by atoms with Crippen LogP contribution in [0.2, 0.25) is 0 Å². The first-order chi connectivity index (χ1) is 17.7. The number of halogens is 2. The Hall–Kier alpha value is -2.84. The molecule has 1 N–H and O–H groups in total. The average Bonchev–Trinajstić information content (AvgIpc) is 3.56. The molecule has 0 spiro atoms. The third-order valence-corrected chi connectivity index (χ3v) is 9.22. The molecule has 2 aliphatic heterocycles. The van der Waals surface area contributed by atoms with Crippen molar-refractivity contribution in [2.75, 3.05) is 26.9 Å². The first-order valence-electron chi connectivity index (χ1n) is 12.1. The van der Waals surface area contributed by atoms with Crippen molar-refractivity contribution in [3.05, 3.63) is 33.7 Å². The summed E-state index contributed by atoms with van der Waals surface area (Å²) in [6, 6.07) is 5.81. The number of carbonyl (C=O) groups excluding carboxylic acids is 1. The molecule has 6 rings (SSSR count). The van der Waals surface area contributed by atoms with Crippen LogP contribution in [-0.4, -0.2) is 69.4 Å². The van der Waals surface area contributed by atoms with Crippen molar-refractivity contribution in [2.45, 2.75) is 49.2 Å². The number of rotatable bonds is 7. The zero-order chi connectivity index (χ0) is 26.6. The molecular formula is C26H27BrFN5O3S. The molecule has 2 bridgehead atoms. The van der Waals surface area contributed by atoms with Crippen LogP contribution >= 0.6 is 27.7 Å². The van der Waals surface area contributed by atoms with Gasteiger partial charge < -0.3 is 19.5 Å². The molecule has 2 saturated heterocycles. The van der Waals surface area contributed by atoms with E-state index in [2.05, 4.69) is 31.6 Å². The summed E-state index contributed by atoms with van der Waals surface area (Å²) in [6.45, 7) is 0.464. The molecule has 1 aromatic carbocycles. The highest BCUT2D eigenvalue weighted by Gasteiger charge is 2.55. The van der Waals surface area contributed by atoms with Crippen LogP contribution in [0.25, 0.3) is 21.8 Å². The Morgan fingerprint density at radius 2 is 2.08 bits per heavy atom. The van der Waals surface area contributed by atoms with E-state index in [1.807, 2.05) is 18.4 Å². The van der Waals surface area contributed by atoms with Gasteiger partial charge in [-0.2, -0.15) is 5.26 Å². The highest BCUT2D eigenvalue weighted by Crippen LogP contribution is 2.52. The molecule has 2 amide bonds. The van der Waals surface area contributed by atoms with E-state index >= 15 is 4.39 Å². The summed E-state index contributed by atoms with van der Waals surface area (Å²) in [5, 5.41) is 21.1. The van der Waals surface area contributed by atoms with Gasteiger partial charge in [0.25, 0.3) is 0 Å². The van der Waals surface area contributed by atoms with E-state index in [9.17, 15) is 14.7 Å². The number of thioether (sulfide) groups is 1. The first-order valence-corrected chi connectivity index (χ1v) is 14.1. The fourth-order valence-corrected chi connectivity index (χ4v) is 6.91. The SMILES string of the molecule is CSc1nc2c(F)c(Br)c(CCC#N)cc2c2c1cc(CCC(=O)N(C)C)n2[C@H]1[C@@H]2C[C@H]1N(C(=O)O)C2. The number of amides is 2. The number of hydrogen-bond donors (Lipinski definition) is 1. The number of fused-ring (bicyclic) bond motifs is 4. The van der Waals surface area contributed by atoms with Crippen LogP contribution in [0.15, 0.2) is 21.6 Å². The molecule has 3 aliphatic rings. The van der Waals surface area contributed by atoms with Gasteiger partial charge in [-0.1, -0.05) is 0 Å². The molecule has 194 valence electrons. The highest BCUT2D eigenvalue weighted by atomic mass is 79.9. The maximum Gasteiger partial charge on any atom is 0.407 e. The minimum absolute atomic E-state index is 0.00221. The van der Waals surface area contributed by atoms with Gasteiger partial charge >= 0.3 is 6.09 Å². The number of nitrogens with zero attached hydrogens (tertiary/aromatic N) is 5. The van der Waals surface area contributed by atoms with Crippen LogP contribution in [0.5, 0.6) is 0 Å². The van der Waals surface area contributed by atoms with Crippen molar-refractivity contribution in [3.8, 4) is 6.07 Å². The molecule has 4 heterocycles. The second-order valence-electron chi connectivity index (χ2n) is 9.88. The van der Waals surface area contributed by atoms with Crippen molar-refractivity contribution in [3.63, 3.8) is 0 Å². The molecule has 1 saturated carbocycles. The van der Waals surface area contributed by atoms with Crippen LogP contribution < -0.4 is 0 Å². The number of hydrogen-bond acceptors (Lipinski definition) is 5. The lowest BCUT2D eigenvalue weighted by Gasteiger charge is -2.39. The summed E-state index contributed by atoms with van der Waals surface area (Å²) < 4.78 is 18.2. The Balaban J connectivity index is 1.78. The molecule has 0 radical (unpaired) electrons. The monoisotopic (exact) mass is 587 g/mol. The normalized spacial score (nSPS) is 20.3. The Morgan fingerprint density at radius 1 is 1.32 bits per heavy atom. The predicted octanol–water partition coefficient (Wildman–Crippen LogP) is 5.21. The fraction of sp³-hybridized carbons (Fsp3) is 0.462. The lowest BCUT2D eigenvalue weighted by molar-refractivity contribution is -0.128. The van der Waals surface area contributed by atoms with E-state index < -0.39 is 11.9 Å². The van der Waals surface area contributed by atoms with E-state index in [-0.39, 0.29) is 35.8 Å². The summed E-state index contributed by atoms with van der Waals surface area (Å²) in [7, 11) is 3.45. The van der Waals surface area contributed by atoms with Gasteiger partial charge in [0, 0.05) is 55.9 Å². The van der Waals surface area contributed by atoms with Crippen LogP contribution in [0.4, 0.5) is 9.18 Å². The third-order valence-electron chi connectivity index (χ3n) is 7.66. The molecular weight excluding hydrogens is 561 g/mol. The maximum atomic E-state index is 15.7. The summed E-state index contributed by atoms with van der Waals surface area (Å²) in [5.74, 6) is -0.315. The second kappa shape index (κ2) is 9.80. The molecule has 8 nitrogen and oxygen atoms in total. The quantitative estimate of drug-likeness (QED) is 0.380. The number of aromatic nitrogens is 2. The molecule has 1 aliphatic carbocycles. The van der Waals surface area contributed by atoms with E-state index in [1.54, 1.807) is 19.0 Å². The van der Waals surface area contributed by atoms with E-state index in [1.165, 1.54) is 16.7 Å². The predicted molar refractivity (Wildman–Crippen MR) is 143 cm³/mol. The van der Waals surface area contributed by atoms with Gasteiger partial charge in [0.05, 0.1) is 28.1 Å². The average molecular weight is 589 g/mol. The molecule has 3 atom stereocenters. The smallest absolute Gasteiger partial charge is 0.407 e. The number of carboxylic acid groups (broad SMARTS) is 1. The molecule has 0 unspecified atom stereocenters. The van der Waals surface area contributed by atoms with Crippen molar-refractivity contribution in [1.29, 1.82) is 5.26 Å². The largest absolute Gasteiger partial charge is 0.465 e. The molecule has 2 aromatic heterocycles. The highest BCUT2D eigenvalue weighted by molar-refractivity contribution is 9.10. The van der Waals surface area contributed by atoms with Crippen LogP contribution in [-0.2, 0) is 17.6 Å². The third kappa shape index (κ3) is 4.14. The number of aryl methyl sites for hydroxylation is 2. The van der Waals surface area contributed by atoms with Gasteiger partial charge in [0.2, 0.25) is 5.91 Å². The van der Waals surface area contributed by atoms with Crippen LogP contribution in [0, 0.1) is 23.1 Å². The molecule has 11 heteroatoms. The fourth-order valence-electron chi connectivity index (χ4n) is 5.85. The molecule has 3 aromatic rings.